The van der Waals surface area contributed by atoms with Crippen molar-refractivity contribution in [3.63, 3.8) is 0 Å². The number of hydrogen-bond donors (Lipinski definition) is 2. The summed E-state index contributed by atoms with van der Waals surface area (Å²) in [6.45, 7) is 0. The van der Waals surface area contributed by atoms with Crippen LogP contribution in [0.15, 0.2) is 24.3 Å². The molecule has 2 nitrogen and oxygen atoms in total. The molecule has 1 aromatic rings. The molecule has 0 saturated carbocycles. The third-order valence-corrected chi connectivity index (χ3v) is 2.19. The highest BCUT2D eigenvalue weighted by atomic mass is 16.3. The number of hydrogen-bond acceptors (Lipinski definition) is 2. The monoisotopic (exact) mass is 162 g/mol. The van der Waals surface area contributed by atoms with Crippen molar-refractivity contribution in [3.8, 4) is 11.5 Å². The van der Waals surface area contributed by atoms with Crippen molar-refractivity contribution in [3.05, 3.63) is 35.4 Å². The van der Waals surface area contributed by atoms with E-state index in [0.29, 0.717) is 0 Å². The van der Waals surface area contributed by atoms with Crippen LogP contribution in [0, 0.1) is 0 Å². The highest BCUT2D eigenvalue weighted by Gasteiger charge is 2.12. The Morgan fingerprint density at radius 3 is 1.67 bits per heavy atom. The molecule has 62 valence electrons. The van der Waals surface area contributed by atoms with Gasteiger partial charge in [-0.05, 0) is 25.0 Å². The smallest absolute Gasteiger partial charge is 0.119 e. The van der Waals surface area contributed by atoms with Gasteiger partial charge in [-0.2, -0.15) is 0 Å². The van der Waals surface area contributed by atoms with Crippen molar-refractivity contribution in [2.24, 2.45) is 0 Å². The predicted octanol–water partition coefficient (Wildman–Crippen LogP) is 1.75. The van der Waals surface area contributed by atoms with E-state index >= 15 is 0 Å². The lowest BCUT2D eigenvalue weighted by atomic mass is 9.95. The number of benzene rings is 1. The third-order valence-electron chi connectivity index (χ3n) is 2.19. The summed E-state index contributed by atoms with van der Waals surface area (Å²) in [4.78, 5) is 0. The standard InChI is InChI=1S/C10H10O2/c11-9-5-6-10(12)8-4-2-1-3-7(8)9/h1-2,5-6,11-12H,3-4H2. The molecule has 0 atom stereocenters. The molecule has 1 aromatic carbocycles. The van der Waals surface area contributed by atoms with E-state index in [2.05, 4.69) is 0 Å². The number of phenols is 2. The lowest BCUT2D eigenvalue weighted by Gasteiger charge is -2.13. The van der Waals surface area contributed by atoms with Gasteiger partial charge in [0.25, 0.3) is 0 Å². The molecule has 0 amide bonds. The molecule has 0 bridgehead atoms. The van der Waals surface area contributed by atoms with Gasteiger partial charge in [0.1, 0.15) is 11.5 Å². The minimum absolute atomic E-state index is 0.284. The molecule has 0 saturated heterocycles. The third kappa shape index (κ3) is 0.961. The van der Waals surface area contributed by atoms with Gasteiger partial charge in [-0.1, -0.05) is 12.2 Å². The van der Waals surface area contributed by atoms with E-state index in [9.17, 15) is 10.2 Å². The maximum absolute atomic E-state index is 9.44. The lowest BCUT2D eigenvalue weighted by molar-refractivity contribution is 0.450. The van der Waals surface area contributed by atoms with Gasteiger partial charge < -0.3 is 10.2 Å². The van der Waals surface area contributed by atoms with Crippen molar-refractivity contribution < 1.29 is 10.2 Å². The molecule has 1 aliphatic rings. The van der Waals surface area contributed by atoms with Gasteiger partial charge in [-0.15, -0.1) is 0 Å². The van der Waals surface area contributed by atoms with Crippen LogP contribution in [0.25, 0.3) is 0 Å². The largest absolute Gasteiger partial charge is 0.508 e. The van der Waals surface area contributed by atoms with E-state index in [1.807, 2.05) is 12.2 Å². The Hall–Kier alpha value is -1.44. The van der Waals surface area contributed by atoms with Gasteiger partial charge >= 0.3 is 0 Å². The maximum Gasteiger partial charge on any atom is 0.119 e. The van der Waals surface area contributed by atoms with Crippen molar-refractivity contribution in [2.45, 2.75) is 12.8 Å². The summed E-state index contributed by atoms with van der Waals surface area (Å²) in [5.41, 5.74) is 1.72. The second kappa shape index (κ2) is 2.55. The highest BCUT2D eigenvalue weighted by Crippen LogP contribution is 2.32. The van der Waals surface area contributed by atoms with Gasteiger partial charge in [0, 0.05) is 11.1 Å². The Kier molecular flexibility index (Phi) is 1.54. The van der Waals surface area contributed by atoms with Crippen LogP contribution < -0.4 is 0 Å². The minimum Gasteiger partial charge on any atom is -0.508 e. The second-order valence-electron chi connectivity index (χ2n) is 2.94. The first-order valence-electron chi connectivity index (χ1n) is 3.96. The molecule has 0 fully saturated rings. The van der Waals surface area contributed by atoms with E-state index in [1.54, 1.807) is 0 Å². The average molecular weight is 162 g/mol. The van der Waals surface area contributed by atoms with E-state index in [-0.39, 0.29) is 11.5 Å². The van der Waals surface area contributed by atoms with Gasteiger partial charge in [-0.3, -0.25) is 0 Å². The van der Waals surface area contributed by atoms with E-state index in [4.69, 9.17) is 0 Å². The normalized spacial score (nSPS) is 14.3. The van der Waals surface area contributed by atoms with Crippen LogP contribution in [0.2, 0.25) is 0 Å². The van der Waals surface area contributed by atoms with E-state index < -0.39 is 0 Å². The predicted molar refractivity (Wildman–Crippen MR) is 46.3 cm³/mol. The fourth-order valence-electron chi connectivity index (χ4n) is 1.53. The molecular formula is C10H10O2. The Morgan fingerprint density at radius 1 is 0.833 bits per heavy atom. The molecule has 0 aromatic heterocycles. The van der Waals surface area contributed by atoms with Crippen LogP contribution in [-0.2, 0) is 12.8 Å². The van der Waals surface area contributed by atoms with E-state index in [1.165, 1.54) is 12.1 Å². The molecule has 2 N–H and O–H groups in total. The van der Waals surface area contributed by atoms with Crippen LogP contribution in [-0.4, -0.2) is 10.2 Å². The van der Waals surface area contributed by atoms with Crippen molar-refractivity contribution in [2.75, 3.05) is 0 Å². The summed E-state index contributed by atoms with van der Waals surface area (Å²) >= 11 is 0. The SMILES string of the molecule is Oc1ccc(O)c2c1CC=CC2. The maximum atomic E-state index is 9.44. The first-order chi connectivity index (χ1) is 5.79. The Balaban J connectivity index is 2.61. The topological polar surface area (TPSA) is 40.5 Å². The molecule has 0 aliphatic heterocycles. The fourth-order valence-corrected chi connectivity index (χ4v) is 1.53. The summed E-state index contributed by atoms with van der Waals surface area (Å²) in [7, 11) is 0. The molecule has 1 aliphatic carbocycles. The van der Waals surface area contributed by atoms with Gasteiger partial charge in [0.05, 0.1) is 0 Å². The number of fused-ring (bicyclic) bond motifs is 1. The molecule has 0 unspecified atom stereocenters. The quantitative estimate of drug-likeness (QED) is 0.450. The summed E-state index contributed by atoms with van der Waals surface area (Å²) in [6.07, 6.45) is 5.44. The molecule has 2 heteroatoms. The molecule has 0 spiro atoms. The van der Waals surface area contributed by atoms with Crippen LogP contribution in [0.4, 0.5) is 0 Å². The van der Waals surface area contributed by atoms with Gasteiger partial charge in [-0.25, -0.2) is 0 Å². The Bertz CT molecular complexity index is 307. The lowest BCUT2D eigenvalue weighted by Crippen LogP contribution is -1.97. The number of phenolic OH excluding ortho intramolecular Hbond substituents is 2. The Morgan fingerprint density at radius 2 is 1.25 bits per heavy atom. The molecule has 2 rings (SSSR count). The van der Waals surface area contributed by atoms with Crippen LogP contribution in [0.5, 0.6) is 11.5 Å². The summed E-state index contributed by atoms with van der Waals surface area (Å²) in [6, 6.07) is 3.07. The molecule has 0 radical (unpaired) electrons. The van der Waals surface area contributed by atoms with Gasteiger partial charge in [0.2, 0.25) is 0 Å². The highest BCUT2D eigenvalue weighted by molar-refractivity contribution is 5.50. The molecule has 0 heterocycles. The van der Waals surface area contributed by atoms with Gasteiger partial charge in [0.15, 0.2) is 0 Å². The minimum atomic E-state index is 0.284. The van der Waals surface area contributed by atoms with Crippen LogP contribution in [0.3, 0.4) is 0 Å². The molecule has 12 heavy (non-hydrogen) atoms. The summed E-state index contributed by atoms with van der Waals surface area (Å²) in [5.74, 6) is 0.569. The Labute approximate surface area is 70.8 Å². The summed E-state index contributed by atoms with van der Waals surface area (Å²) < 4.78 is 0. The number of allylic oxidation sites excluding steroid dienone is 2. The zero-order valence-corrected chi connectivity index (χ0v) is 6.62. The average Bonchev–Trinajstić information content (AvgIpc) is 2.12. The van der Waals surface area contributed by atoms with Crippen molar-refractivity contribution in [1.82, 2.24) is 0 Å². The van der Waals surface area contributed by atoms with Crippen molar-refractivity contribution in [1.29, 1.82) is 0 Å². The zero-order valence-electron chi connectivity index (χ0n) is 6.62. The van der Waals surface area contributed by atoms with Crippen molar-refractivity contribution >= 4 is 0 Å². The number of aromatic hydroxyl groups is 2. The fraction of sp³-hybridized carbons (Fsp3) is 0.200. The second-order valence-corrected chi connectivity index (χ2v) is 2.94. The first kappa shape index (κ1) is 7.22. The van der Waals surface area contributed by atoms with Crippen LogP contribution >= 0.6 is 0 Å². The molecular weight excluding hydrogens is 152 g/mol. The van der Waals surface area contributed by atoms with E-state index in [0.717, 1.165) is 24.0 Å². The summed E-state index contributed by atoms with van der Waals surface area (Å²) in [5, 5.41) is 18.9. The first-order valence-corrected chi connectivity index (χ1v) is 3.96. The van der Waals surface area contributed by atoms with Crippen LogP contribution in [0.1, 0.15) is 11.1 Å². The number of rotatable bonds is 0. The zero-order chi connectivity index (χ0) is 8.55.